The number of allylic oxidation sites excluding steroid dienone is 2. The number of carbonyl (C=O) groups is 3. The molecule has 2 aliphatic heterocycles. The van der Waals surface area contributed by atoms with Crippen molar-refractivity contribution < 1.29 is 14.4 Å². The number of likely N-dealkylation sites (tertiary alicyclic amines) is 2. The Morgan fingerprint density at radius 2 is 1.73 bits per heavy atom. The molecule has 6 heteroatoms. The number of nitrogens with zero attached hydrogens (tertiary/aromatic N) is 2. The first-order valence-electron chi connectivity index (χ1n) is 10.1. The predicted octanol–water partition coefficient (Wildman–Crippen LogP) is 1.03. The van der Waals surface area contributed by atoms with Crippen molar-refractivity contribution in [3.05, 3.63) is 12.2 Å². The number of hydrogen-bond acceptors (Lipinski definition) is 4. The lowest BCUT2D eigenvalue weighted by atomic mass is 9.85. The summed E-state index contributed by atoms with van der Waals surface area (Å²) in [6.45, 7) is 6.06. The van der Waals surface area contributed by atoms with Gasteiger partial charge in [-0.05, 0) is 63.1 Å². The van der Waals surface area contributed by atoms with E-state index in [9.17, 15) is 14.4 Å². The molecule has 0 unspecified atom stereocenters. The number of hydrogen-bond donors (Lipinski definition) is 1. The van der Waals surface area contributed by atoms with Gasteiger partial charge in [-0.25, -0.2) is 0 Å². The van der Waals surface area contributed by atoms with Gasteiger partial charge in [0.1, 0.15) is 6.54 Å². The lowest BCUT2D eigenvalue weighted by Crippen LogP contribution is -2.42. The van der Waals surface area contributed by atoms with E-state index in [0.29, 0.717) is 6.54 Å². The van der Waals surface area contributed by atoms with Crippen LogP contribution in [0.2, 0.25) is 0 Å². The highest BCUT2D eigenvalue weighted by Crippen LogP contribution is 2.52. The number of amides is 3. The fourth-order valence-corrected chi connectivity index (χ4v) is 5.14. The summed E-state index contributed by atoms with van der Waals surface area (Å²) < 4.78 is 0. The summed E-state index contributed by atoms with van der Waals surface area (Å²) in [6, 6.07) is 0. The van der Waals surface area contributed by atoms with Gasteiger partial charge in [-0.3, -0.25) is 19.3 Å². The zero-order valence-electron chi connectivity index (χ0n) is 15.5. The summed E-state index contributed by atoms with van der Waals surface area (Å²) in [5, 5.41) is 2.88. The van der Waals surface area contributed by atoms with Crippen LogP contribution in [0.25, 0.3) is 0 Å². The zero-order chi connectivity index (χ0) is 18.3. The van der Waals surface area contributed by atoms with Gasteiger partial charge in [0.25, 0.3) is 0 Å². The Balaban J connectivity index is 1.20. The van der Waals surface area contributed by atoms with Crippen molar-refractivity contribution >= 4 is 17.7 Å². The summed E-state index contributed by atoms with van der Waals surface area (Å²) >= 11 is 0. The second-order valence-electron chi connectivity index (χ2n) is 8.49. The number of rotatable bonds is 6. The minimum atomic E-state index is -0.223. The van der Waals surface area contributed by atoms with Gasteiger partial charge in [-0.15, -0.1) is 0 Å². The molecule has 0 spiro atoms. The van der Waals surface area contributed by atoms with Crippen LogP contribution in [0.1, 0.15) is 32.6 Å². The molecule has 0 aromatic carbocycles. The standard InChI is InChI=1S/C20H29N3O3/c1-13-5-9-22(10-6-13)8-2-7-21-16(24)12-23-19(25)17-14-3-4-15(11-14)18(17)20(23)26/h3-4,13-15,17-18H,2,5-12H2,1H3,(H,21,24)/t14-,15-,17+,18+/m0/s1. The first kappa shape index (κ1) is 17.7. The molecule has 0 aromatic rings. The Bertz CT molecular complexity index is 594. The average molecular weight is 359 g/mol. The van der Waals surface area contributed by atoms with E-state index < -0.39 is 0 Å². The van der Waals surface area contributed by atoms with E-state index in [1.807, 2.05) is 0 Å². The van der Waals surface area contributed by atoms with Crippen LogP contribution in [0.5, 0.6) is 0 Å². The lowest BCUT2D eigenvalue weighted by Gasteiger charge is -2.30. The van der Waals surface area contributed by atoms with Gasteiger partial charge in [-0.1, -0.05) is 19.1 Å². The van der Waals surface area contributed by atoms with Crippen LogP contribution in [-0.4, -0.2) is 60.2 Å². The summed E-state index contributed by atoms with van der Waals surface area (Å²) in [7, 11) is 0. The van der Waals surface area contributed by atoms with Crippen LogP contribution in [0.3, 0.4) is 0 Å². The Morgan fingerprint density at radius 1 is 1.12 bits per heavy atom. The molecule has 3 amide bonds. The quantitative estimate of drug-likeness (QED) is 0.437. The summed E-state index contributed by atoms with van der Waals surface area (Å²) in [5.41, 5.74) is 0. The van der Waals surface area contributed by atoms with Crippen LogP contribution in [-0.2, 0) is 14.4 Å². The van der Waals surface area contributed by atoms with Crippen molar-refractivity contribution in [3.63, 3.8) is 0 Å². The van der Waals surface area contributed by atoms with Gasteiger partial charge in [0.15, 0.2) is 0 Å². The smallest absolute Gasteiger partial charge is 0.240 e. The molecule has 2 saturated heterocycles. The third kappa shape index (κ3) is 3.20. The second-order valence-corrected chi connectivity index (χ2v) is 8.49. The average Bonchev–Trinajstić information content (AvgIpc) is 3.30. The molecule has 3 fully saturated rings. The van der Waals surface area contributed by atoms with E-state index in [0.717, 1.165) is 38.4 Å². The van der Waals surface area contributed by atoms with Crippen molar-refractivity contribution in [2.75, 3.05) is 32.7 Å². The third-order valence-corrected chi connectivity index (χ3v) is 6.71. The van der Waals surface area contributed by atoms with E-state index in [1.165, 1.54) is 17.7 Å². The van der Waals surface area contributed by atoms with Crippen molar-refractivity contribution in [2.45, 2.75) is 32.6 Å². The number of piperidine rings is 1. The fraction of sp³-hybridized carbons (Fsp3) is 0.750. The maximum atomic E-state index is 12.6. The highest BCUT2D eigenvalue weighted by atomic mass is 16.2. The van der Waals surface area contributed by atoms with E-state index in [-0.39, 0.29) is 47.9 Å². The topological polar surface area (TPSA) is 69.7 Å². The molecule has 0 aromatic heterocycles. The summed E-state index contributed by atoms with van der Waals surface area (Å²) in [5.74, 6) is 0.275. The van der Waals surface area contributed by atoms with Gasteiger partial charge >= 0.3 is 0 Å². The maximum absolute atomic E-state index is 12.6. The van der Waals surface area contributed by atoms with Crippen LogP contribution in [0.15, 0.2) is 12.2 Å². The normalized spacial score (nSPS) is 34.0. The molecule has 0 radical (unpaired) electrons. The third-order valence-electron chi connectivity index (χ3n) is 6.71. The highest BCUT2D eigenvalue weighted by Gasteiger charge is 2.59. The van der Waals surface area contributed by atoms with Crippen molar-refractivity contribution in [1.29, 1.82) is 0 Å². The van der Waals surface area contributed by atoms with Crippen LogP contribution in [0.4, 0.5) is 0 Å². The number of nitrogens with one attached hydrogen (secondary N) is 1. The van der Waals surface area contributed by atoms with E-state index in [2.05, 4.69) is 29.3 Å². The zero-order valence-corrected chi connectivity index (χ0v) is 15.5. The predicted molar refractivity (Wildman–Crippen MR) is 96.9 cm³/mol. The lowest BCUT2D eigenvalue weighted by molar-refractivity contribution is -0.144. The highest BCUT2D eigenvalue weighted by molar-refractivity contribution is 6.08. The molecule has 6 nitrogen and oxygen atoms in total. The second kappa shape index (κ2) is 7.14. The monoisotopic (exact) mass is 359 g/mol. The SMILES string of the molecule is CC1CCN(CCCNC(=O)CN2C(=O)[C@H]3[C@H](C2=O)[C@H]2C=C[C@H]3C2)CC1. The van der Waals surface area contributed by atoms with Gasteiger partial charge in [0, 0.05) is 6.54 Å². The number of imide groups is 1. The van der Waals surface area contributed by atoms with Crippen LogP contribution >= 0.6 is 0 Å². The molecular weight excluding hydrogens is 330 g/mol. The summed E-state index contributed by atoms with van der Waals surface area (Å²) in [4.78, 5) is 41.0. The minimum Gasteiger partial charge on any atom is -0.354 e. The molecule has 26 heavy (non-hydrogen) atoms. The van der Waals surface area contributed by atoms with Crippen LogP contribution in [0, 0.1) is 29.6 Å². The maximum Gasteiger partial charge on any atom is 0.240 e. The van der Waals surface area contributed by atoms with E-state index in [1.54, 1.807) is 0 Å². The van der Waals surface area contributed by atoms with E-state index >= 15 is 0 Å². The summed E-state index contributed by atoms with van der Waals surface area (Å²) in [6.07, 6.45) is 8.47. The molecule has 142 valence electrons. The Morgan fingerprint density at radius 3 is 2.35 bits per heavy atom. The Hall–Kier alpha value is -1.69. The van der Waals surface area contributed by atoms with Crippen molar-refractivity contribution in [2.24, 2.45) is 29.6 Å². The van der Waals surface area contributed by atoms with Gasteiger partial charge < -0.3 is 10.2 Å². The first-order chi connectivity index (χ1) is 12.5. The molecule has 4 rings (SSSR count). The largest absolute Gasteiger partial charge is 0.354 e. The van der Waals surface area contributed by atoms with Gasteiger partial charge in [0.05, 0.1) is 11.8 Å². The minimum absolute atomic E-state index is 0.120. The Kier molecular flexibility index (Phi) is 4.86. The van der Waals surface area contributed by atoms with E-state index in [4.69, 9.17) is 0 Å². The molecule has 1 N–H and O–H groups in total. The van der Waals surface area contributed by atoms with Gasteiger partial charge in [-0.2, -0.15) is 0 Å². The number of carbonyl (C=O) groups excluding carboxylic acids is 3. The van der Waals surface area contributed by atoms with Crippen molar-refractivity contribution in [1.82, 2.24) is 15.1 Å². The van der Waals surface area contributed by atoms with Crippen molar-refractivity contribution in [3.8, 4) is 0 Å². The molecule has 2 bridgehead atoms. The molecule has 2 aliphatic carbocycles. The number of fused-ring (bicyclic) bond motifs is 5. The van der Waals surface area contributed by atoms with Crippen LogP contribution < -0.4 is 5.32 Å². The fourth-order valence-electron chi connectivity index (χ4n) is 5.14. The molecule has 4 atom stereocenters. The molecule has 1 saturated carbocycles. The molecule has 4 aliphatic rings. The molecule has 2 heterocycles. The van der Waals surface area contributed by atoms with Gasteiger partial charge in [0.2, 0.25) is 17.7 Å². The Labute approximate surface area is 155 Å². The molecular formula is C20H29N3O3. The first-order valence-corrected chi connectivity index (χ1v) is 10.1.